The van der Waals surface area contributed by atoms with Crippen molar-refractivity contribution in [1.29, 1.82) is 0 Å². The number of hydrogen-bond acceptors (Lipinski definition) is 7. The molecular weight excluding hydrogens is 406 g/mol. The fourth-order valence-electron chi connectivity index (χ4n) is 3.79. The van der Waals surface area contributed by atoms with Crippen LogP contribution in [0.5, 0.6) is 0 Å². The minimum Gasteiger partial charge on any atom is -0.380 e. The first-order chi connectivity index (χ1) is 15.7. The Morgan fingerprint density at radius 2 is 1.84 bits per heavy atom. The molecule has 3 aromatic heterocycles. The van der Waals surface area contributed by atoms with Crippen LogP contribution in [0, 0.1) is 0 Å². The lowest BCUT2D eigenvalue weighted by molar-refractivity contribution is 0.100. The number of benzene rings is 1. The van der Waals surface area contributed by atoms with Gasteiger partial charge in [0.25, 0.3) is 5.91 Å². The summed E-state index contributed by atoms with van der Waals surface area (Å²) in [6.45, 7) is 3.92. The lowest BCUT2D eigenvalue weighted by atomic mass is 10.1. The summed E-state index contributed by atoms with van der Waals surface area (Å²) in [5.41, 5.74) is 10.1. The van der Waals surface area contributed by atoms with E-state index in [0.29, 0.717) is 17.8 Å². The van der Waals surface area contributed by atoms with Crippen molar-refractivity contribution in [1.82, 2.24) is 19.6 Å². The van der Waals surface area contributed by atoms with Crippen LogP contribution in [0.1, 0.15) is 15.9 Å². The molecule has 9 nitrogen and oxygen atoms in total. The maximum atomic E-state index is 11.6. The first kappa shape index (κ1) is 20.0. The van der Waals surface area contributed by atoms with Gasteiger partial charge in [-0.25, -0.2) is 14.5 Å². The Labute approximate surface area is 184 Å². The van der Waals surface area contributed by atoms with Crippen LogP contribution in [-0.2, 0) is 11.3 Å². The summed E-state index contributed by atoms with van der Waals surface area (Å²) in [6.07, 6.45) is 3.28. The van der Waals surface area contributed by atoms with Gasteiger partial charge >= 0.3 is 0 Å². The number of nitrogens with zero attached hydrogens (tertiary/aromatic N) is 5. The lowest BCUT2D eigenvalue weighted by Crippen LogP contribution is -2.36. The van der Waals surface area contributed by atoms with Crippen LogP contribution >= 0.6 is 0 Å². The van der Waals surface area contributed by atoms with Crippen LogP contribution < -0.4 is 16.0 Å². The molecule has 1 amide bonds. The molecule has 4 heterocycles. The van der Waals surface area contributed by atoms with Crippen LogP contribution in [0.4, 0.5) is 11.5 Å². The summed E-state index contributed by atoms with van der Waals surface area (Å²) in [7, 11) is 0. The van der Waals surface area contributed by atoms with Gasteiger partial charge in [0.1, 0.15) is 12.1 Å². The predicted molar refractivity (Wildman–Crippen MR) is 122 cm³/mol. The van der Waals surface area contributed by atoms with Gasteiger partial charge < -0.3 is 20.7 Å². The maximum Gasteiger partial charge on any atom is 0.252 e. The molecule has 0 spiro atoms. The van der Waals surface area contributed by atoms with Gasteiger partial charge in [-0.05, 0) is 29.8 Å². The largest absolute Gasteiger partial charge is 0.380 e. The molecule has 1 aliphatic rings. The Hall–Kier alpha value is -3.98. The van der Waals surface area contributed by atoms with Gasteiger partial charge in [0.2, 0.25) is 0 Å². The van der Waals surface area contributed by atoms with Gasteiger partial charge in [-0.2, -0.15) is 5.10 Å². The fourth-order valence-corrected chi connectivity index (χ4v) is 3.79. The molecule has 32 heavy (non-hydrogen) atoms. The Morgan fingerprint density at radius 3 is 2.56 bits per heavy atom. The zero-order valence-electron chi connectivity index (χ0n) is 17.4. The van der Waals surface area contributed by atoms with Crippen LogP contribution in [-0.4, -0.2) is 51.8 Å². The number of pyridine rings is 2. The van der Waals surface area contributed by atoms with E-state index < -0.39 is 5.91 Å². The maximum absolute atomic E-state index is 11.6. The van der Waals surface area contributed by atoms with Crippen molar-refractivity contribution in [2.45, 2.75) is 6.54 Å². The van der Waals surface area contributed by atoms with Crippen LogP contribution in [0.2, 0.25) is 0 Å². The molecule has 1 saturated heterocycles. The molecule has 0 radical (unpaired) electrons. The fraction of sp³-hybridized carbons (Fsp3) is 0.217. The molecule has 1 fully saturated rings. The first-order valence-electron chi connectivity index (χ1n) is 10.4. The second-order valence-electron chi connectivity index (χ2n) is 7.55. The third-order valence-corrected chi connectivity index (χ3v) is 5.52. The zero-order valence-corrected chi connectivity index (χ0v) is 17.4. The SMILES string of the molecule is NC(=O)c1ccc(-c2ccc(CNc3ccc(N4CCOCC4)nc3)cc2)n2ncnc12. The number of morpholine rings is 1. The molecule has 9 heteroatoms. The third kappa shape index (κ3) is 3.97. The van der Waals surface area contributed by atoms with Gasteiger partial charge in [0, 0.05) is 25.2 Å². The van der Waals surface area contributed by atoms with Gasteiger partial charge in [-0.15, -0.1) is 0 Å². The molecular formula is C23H23N7O2. The van der Waals surface area contributed by atoms with Gasteiger partial charge in [0.05, 0.1) is 36.4 Å². The molecule has 0 aliphatic carbocycles. The van der Waals surface area contributed by atoms with E-state index in [9.17, 15) is 4.79 Å². The molecule has 162 valence electrons. The first-order valence-corrected chi connectivity index (χ1v) is 10.4. The van der Waals surface area contributed by atoms with E-state index in [1.54, 1.807) is 10.6 Å². The second kappa shape index (κ2) is 8.64. The monoisotopic (exact) mass is 429 g/mol. The minimum atomic E-state index is -0.525. The number of fused-ring (bicyclic) bond motifs is 1. The number of nitrogens with one attached hydrogen (secondary N) is 1. The number of amides is 1. The summed E-state index contributed by atoms with van der Waals surface area (Å²) < 4.78 is 7.03. The predicted octanol–water partition coefficient (Wildman–Crippen LogP) is 2.34. The molecule has 0 atom stereocenters. The molecule has 0 unspecified atom stereocenters. The van der Waals surface area contributed by atoms with E-state index in [1.165, 1.54) is 6.33 Å². The number of ether oxygens (including phenoxy) is 1. The normalized spacial score (nSPS) is 13.9. The molecule has 0 bridgehead atoms. The van der Waals surface area contributed by atoms with Crippen LogP contribution in [0.15, 0.2) is 61.1 Å². The van der Waals surface area contributed by atoms with E-state index in [4.69, 9.17) is 10.5 Å². The summed E-state index contributed by atoms with van der Waals surface area (Å²) in [5, 5.41) is 7.66. The van der Waals surface area contributed by atoms with Crippen molar-refractivity contribution in [2.24, 2.45) is 5.73 Å². The average molecular weight is 429 g/mol. The summed E-state index contributed by atoms with van der Waals surface area (Å²) in [4.78, 5) is 22.6. The van der Waals surface area contributed by atoms with E-state index >= 15 is 0 Å². The molecule has 0 saturated carbocycles. The number of nitrogens with two attached hydrogens (primary N) is 1. The van der Waals surface area contributed by atoms with Gasteiger partial charge in [0.15, 0.2) is 5.65 Å². The molecule has 1 aliphatic heterocycles. The number of hydrogen-bond donors (Lipinski definition) is 2. The number of carbonyl (C=O) groups excluding carboxylic acids is 1. The smallest absolute Gasteiger partial charge is 0.252 e. The minimum absolute atomic E-state index is 0.348. The highest BCUT2D eigenvalue weighted by Gasteiger charge is 2.14. The lowest BCUT2D eigenvalue weighted by Gasteiger charge is -2.27. The van der Waals surface area contributed by atoms with Crippen molar-refractivity contribution in [3.63, 3.8) is 0 Å². The number of aromatic nitrogens is 4. The molecule has 4 aromatic rings. The summed E-state index contributed by atoms with van der Waals surface area (Å²) >= 11 is 0. The Morgan fingerprint density at radius 1 is 1.03 bits per heavy atom. The molecule has 5 rings (SSSR count). The van der Waals surface area contributed by atoms with Crippen molar-refractivity contribution in [3.05, 3.63) is 72.2 Å². The number of primary amides is 1. The topological polar surface area (TPSA) is 111 Å². The summed E-state index contributed by atoms with van der Waals surface area (Å²) in [5.74, 6) is 0.452. The highest BCUT2D eigenvalue weighted by molar-refractivity contribution is 5.99. The van der Waals surface area contributed by atoms with Crippen molar-refractivity contribution in [2.75, 3.05) is 36.5 Å². The number of anilines is 2. The van der Waals surface area contributed by atoms with Gasteiger partial charge in [-0.1, -0.05) is 24.3 Å². The zero-order chi connectivity index (χ0) is 21.9. The summed E-state index contributed by atoms with van der Waals surface area (Å²) in [6, 6.07) is 15.8. The quantitative estimate of drug-likeness (QED) is 0.484. The average Bonchev–Trinajstić information content (AvgIpc) is 3.33. The molecule has 3 N–H and O–H groups in total. The van der Waals surface area contributed by atoms with E-state index in [1.807, 2.05) is 36.5 Å². The Balaban J connectivity index is 1.27. The Bertz CT molecular complexity index is 1230. The highest BCUT2D eigenvalue weighted by Crippen LogP contribution is 2.23. The van der Waals surface area contributed by atoms with Crippen molar-refractivity contribution in [3.8, 4) is 11.3 Å². The van der Waals surface area contributed by atoms with Crippen molar-refractivity contribution < 1.29 is 9.53 Å². The van der Waals surface area contributed by atoms with E-state index in [-0.39, 0.29) is 0 Å². The third-order valence-electron chi connectivity index (χ3n) is 5.52. The number of carbonyl (C=O) groups is 1. The Kier molecular flexibility index (Phi) is 5.39. The van der Waals surface area contributed by atoms with Crippen molar-refractivity contribution >= 4 is 23.1 Å². The second-order valence-corrected chi connectivity index (χ2v) is 7.55. The number of rotatable bonds is 6. The molecule has 1 aromatic carbocycles. The van der Waals surface area contributed by atoms with Crippen LogP contribution in [0.25, 0.3) is 16.9 Å². The van der Waals surface area contributed by atoms with Crippen LogP contribution in [0.3, 0.4) is 0 Å². The van der Waals surface area contributed by atoms with E-state index in [0.717, 1.165) is 54.6 Å². The van der Waals surface area contributed by atoms with E-state index in [2.05, 4.69) is 37.4 Å². The highest BCUT2D eigenvalue weighted by atomic mass is 16.5. The van der Waals surface area contributed by atoms with Gasteiger partial charge in [-0.3, -0.25) is 4.79 Å². The standard InChI is InChI=1S/C23H23N7O2/c24-22(31)19-6-7-20(30-23(19)27-15-28-30)17-3-1-16(2-4-17)13-25-18-5-8-21(26-14-18)29-9-11-32-12-10-29/h1-8,14-15,25H,9-13H2,(H2,24,31).